The van der Waals surface area contributed by atoms with Gasteiger partial charge in [0.1, 0.15) is 17.3 Å². The first kappa shape index (κ1) is 16.7. The van der Waals surface area contributed by atoms with E-state index in [0.717, 1.165) is 29.7 Å². The average molecular weight is 346 g/mol. The van der Waals surface area contributed by atoms with Crippen molar-refractivity contribution in [2.24, 2.45) is 0 Å². The molecule has 126 valence electrons. The maximum absolute atomic E-state index is 12.6. The Morgan fingerprint density at radius 3 is 2.92 bits per heavy atom. The molecule has 3 rings (SSSR count). The summed E-state index contributed by atoms with van der Waals surface area (Å²) in [5.41, 5.74) is 2.48. The lowest BCUT2D eigenvalue weighted by atomic mass is 10.1. The number of benzene rings is 1. The van der Waals surface area contributed by atoms with Crippen LogP contribution in [-0.2, 0) is 6.42 Å². The Hall–Kier alpha value is -2.14. The van der Waals surface area contributed by atoms with Crippen LogP contribution in [-0.4, -0.2) is 23.0 Å². The highest BCUT2D eigenvalue weighted by Crippen LogP contribution is 2.37. The Bertz CT molecular complexity index is 777. The van der Waals surface area contributed by atoms with Crippen LogP contribution in [0.3, 0.4) is 0 Å². The van der Waals surface area contributed by atoms with Gasteiger partial charge in [0.2, 0.25) is 0 Å². The van der Waals surface area contributed by atoms with E-state index in [0.29, 0.717) is 5.82 Å². The molecule has 0 bridgehead atoms. The Kier molecular flexibility index (Phi) is 4.71. The number of methoxy groups -OCH3 is 1. The van der Waals surface area contributed by atoms with E-state index in [9.17, 15) is 4.79 Å². The second kappa shape index (κ2) is 6.77. The van der Waals surface area contributed by atoms with Crippen LogP contribution in [0.1, 0.15) is 59.7 Å². The lowest BCUT2D eigenvalue weighted by Gasteiger charge is -2.15. The molecule has 2 aromatic rings. The van der Waals surface area contributed by atoms with E-state index in [1.165, 1.54) is 6.20 Å². The molecule has 1 aliphatic carbocycles. The number of ether oxygens (including phenoxy) is 1. The van der Waals surface area contributed by atoms with E-state index in [-0.39, 0.29) is 28.6 Å². The van der Waals surface area contributed by atoms with Gasteiger partial charge < -0.3 is 10.1 Å². The number of nitrogens with one attached hydrogen (secondary N) is 1. The third kappa shape index (κ3) is 3.08. The number of carbonyl (C=O) groups excluding carboxylic acids is 1. The second-order valence-corrected chi connectivity index (χ2v) is 6.58. The maximum Gasteiger partial charge on any atom is 0.272 e. The van der Waals surface area contributed by atoms with Gasteiger partial charge in [-0.15, -0.1) is 0 Å². The summed E-state index contributed by atoms with van der Waals surface area (Å²) < 4.78 is 5.40. The minimum atomic E-state index is -0.273. The minimum Gasteiger partial charge on any atom is -0.496 e. The number of rotatable bonds is 4. The van der Waals surface area contributed by atoms with Crippen molar-refractivity contribution < 1.29 is 9.53 Å². The average Bonchev–Trinajstić information content (AvgIpc) is 2.98. The predicted molar refractivity (Wildman–Crippen MR) is 92.7 cm³/mol. The van der Waals surface area contributed by atoms with Crippen molar-refractivity contribution in [1.82, 2.24) is 15.3 Å². The number of amides is 1. The molecule has 0 saturated carbocycles. The summed E-state index contributed by atoms with van der Waals surface area (Å²) >= 11 is 6.12. The molecule has 0 radical (unpaired) electrons. The molecule has 1 N–H and O–H groups in total. The van der Waals surface area contributed by atoms with Gasteiger partial charge in [0.25, 0.3) is 5.91 Å². The smallest absolute Gasteiger partial charge is 0.272 e. The molecule has 1 aromatic heterocycles. The van der Waals surface area contributed by atoms with Crippen LogP contribution in [0.2, 0.25) is 5.02 Å². The normalized spacial score (nSPS) is 16.1. The fourth-order valence-electron chi connectivity index (χ4n) is 3.01. The highest BCUT2D eigenvalue weighted by atomic mass is 35.5. The zero-order chi connectivity index (χ0) is 17.3. The fraction of sp³-hybridized carbons (Fsp3) is 0.389. The van der Waals surface area contributed by atoms with Gasteiger partial charge in [-0.3, -0.25) is 4.79 Å². The first-order valence-electron chi connectivity index (χ1n) is 8.00. The number of hydrogen-bond donors (Lipinski definition) is 1. The fourth-order valence-corrected chi connectivity index (χ4v) is 3.18. The van der Waals surface area contributed by atoms with Crippen LogP contribution in [0.5, 0.6) is 5.75 Å². The van der Waals surface area contributed by atoms with Gasteiger partial charge in [-0.2, -0.15) is 0 Å². The molecule has 1 heterocycles. The number of hydrogen-bond acceptors (Lipinski definition) is 4. The number of fused-ring (bicyclic) bond motifs is 1. The van der Waals surface area contributed by atoms with E-state index in [1.54, 1.807) is 7.11 Å². The molecule has 0 spiro atoms. The number of nitrogens with zero attached hydrogens (tertiary/aromatic N) is 2. The molecule has 1 unspecified atom stereocenters. The lowest BCUT2D eigenvalue weighted by Crippen LogP contribution is -2.28. The molecule has 1 aromatic carbocycles. The molecular formula is C18H20ClN3O2. The number of halogens is 1. The molecule has 1 amide bonds. The molecule has 24 heavy (non-hydrogen) atoms. The molecule has 1 aliphatic rings. The Labute approximate surface area is 146 Å². The van der Waals surface area contributed by atoms with E-state index in [1.807, 2.05) is 32.0 Å². The summed E-state index contributed by atoms with van der Waals surface area (Å²) in [6, 6.07) is 5.85. The topological polar surface area (TPSA) is 64.1 Å². The van der Waals surface area contributed by atoms with Gasteiger partial charge in [-0.1, -0.05) is 37.6 Å². The van der Waals surface area contributed by atoms with Crippen molar-refractivity contribution in [3.05, 3.63) is 52.1 Å². The molecule has 0 aliphatic heterocycles. The minimum absolute atomic E-state index is 0.0591. The van der Waals surface area contributed by atoms with E-state index in [4.69, 9.17) is 16.3 Å². The molecule has 6 heteroatoms. The Morgan fingerprint density at radius 1 is 1.42 bits per heavy atom. The number of aromatic nitrogens is 2. The summed E-state index contributed by atoms with van der Waals surface area (Å²) in [6.45, 7) is 3.95. The maximum atomic E-state index is 12.6. The highest BCUT2D eigenvalue weighted by Gasteiger charge is 2.27. The SMILES string of the molecule is COc1cccc2c1CCC2NC(=O)c1nc(C(C)C)ncc1Cl. The molecular weight excluding hydrogens is 326 g/mol. The molecule has 0 fully saturated rings. The highest BCUT2D eigenvalue weighted by molar-refractivity contribution is 6.33. The summed E-state index contributed by atoms with van der Waals surface area (Å²) in [6.07, 6.45) is 3.20. The van der Waals surface area contributed by atoms with Crippen molar-refractivity contribution in [1.29, 1.82) is 0 Å². The monoisotopic (exact) mass is 345 g/mol. The van der Waals surface area contributed by atoms with Crippen molar-refractivity contribution >= 4 is 17.5 Å². The zero-order valence-electron chi connectivity index (χ0n) is 14.0. The first-order valence-corrected chi connectivity index (χ1v) is 8.38. The van der Waals surface area contributed by atoms with Gasteiger partial charge in [-0.05, 0) is 30.0 Å². The van der Waals surface area contributed by atoms with Crippen molar-refractivity contribution in [2.45, 2.75) is 38.6 Å². The van der Waals surface area contributed by atoms with Gasteiger partial charge >= 0.3 is 0 Å². The van der Waals surface area contributed by atoms with Crippen molar-refractivity contribution in [3.8, 4) is 5.75 Å². The third-order valence-electron chi connectivity index (χ3n) is 4.25. The van der Waals surface area contributed by atoms with Crippen molar-refractivity contribution in [2.75, 3.05) is 7.11 Å². The number of carbonyl (C=O) groups is 1. The quantitative estimate of drug-likeness (QED) is 0.918. The second-order valence-electron chi connectivity index (χ2n) is 6.17. The zero-order valence-corrected chi connectivity index (χ0v) is 14.7. The Balaban J connectivity index is 1.84. The van der Waals surface area contributed by atoms with Gasteiger partial charge in [0.15, 0.2) is 0 Å². The van der Waals surface area contributed by atoms with Crippen LogP contribution < -0.4 is 10.1 Å². The van der Waals surface area contributed by atoms with Gasteiger partial charge in [-0.25, -0.2) is 9.97 Å². The molecule has 5 nitrogen and oxygen atoms in total. The largest absolute Gasteiger partial charge is 0.496 e. The molecule has 1 atom stereocenters. The summed E-state index contributed by atoms with van der Waals surface area (Å²) in [5, 5.41) is 3.31. The standard InChI is InChI=1S/C18H20ClN3O2/c1-10(2)17-20-9-13(19)16(22-17)18(23)21-14-8-7-12-11(14)5-4-6-15(12)24-3/h4-6,9-10,14H,7-8H2,1-3H3,(H,21,23). The van der Waals surface area contributed by atoms with Crippen LogP contribution in [0.15, 0.2) is 24.4 Å². The third-order valence-corrected chi connectivity index (χ3v) is 4.52. The van der Waals surface area contributed by atoms with Gasteiger partial charge in [0, 0.05) is 5.92 Å². The Morgan fingerprint density at radius 2 is 2.21 bits per heavy atom. The lowest BCUT2D eigenvalue weighted by molar-refractivity contribution is 0.0931. The first-order chi connectivity index (χ1) is 11.5. The predicted octanol–water partition coefficient (Wildman–Crippen LogP) is 3.68. The van der Waals surface area contributed by atoms with Crippen LogP contribution in [0.4, 0.5) is 0 Å². The van der Waals surface area contributed by atoms with E-state index < -0.39 is 0 Å². The summed E-state index contributed by atoms with van der Waals surface area (Å²) in [4.78, 5) is 21.1. The van der Waals surface area contributed by atoms with Gasteiger partial charge in [0.05, 0.1) is 24.4 Å². The summed E-state index contributed by atoms with van der Waals surface area (Å²) in [5.74, 6) is 1.33. The van der Waals surface area contributed by atoms with E-state index in [2.05, 4.69) is 15.3 Å². The van der Waals surface area contributed by atoms with E-state index >= 15 is 0 Å². The van der Waals surface area contributed by atoms with Crippen LogP contribution >= 0.6 is 11.6 Å². The molecule has 0 saturated heterocycles. The summed E-state index contributed by atoms with van der Waals surface area (Å²) in [7, 11) is 1.66. The van der Waals surface area contributed by atoms with Crippen LogP contribution in [0.25, 0.3) is 0 Å². The van der Waals surface area contributed by atoms with Crippen LogP contribution in [0, 0.1) is 0 Å². The van der Waals surface area contributed by atoms with Crippen molar-refractivity contribution in [3.63, 3.8) is 0 Å².